The number of Topliss-reactive ketones (excluding diaryl/α,β-unsaturated/α-hetero) is 1. The topological polar surface area (TPSA) is 38.3 Å². The Labute approximate surface area is 109 Å². The lowest BCUT2D eigenvalue weighted by atomic mass is 9.74. The van der Waals surface area contributed by atoms with Gasteiger partial charge in [-0.1, -0.05) is 32.0 Å². The van der Waals surface area contributed by atoms with Gasteiger partial charge in [0.25, 0.3) is 0 Å². The molecule has 1 unspecified atom stereocenters. The van der Waals surface area contributed by atoms with Gasteiger partial charge in [-0.3, -0.25) is 4.79 Å². The minimum Gasteiger partial charge on any atom is -0.496 e. The van der Waals surface area contributed by atoms with Gasteiger partial charge in [-0.25, -0.2) is 0 Å². The molecule has 1 saturated heterocycles. The first-order chi connectivity index (χ1) is 8.55. The van der Waals surface area contributed by atoms with Crippen molar-refractivity contribution in [2.45, 2.75) is 32.7 Å². The van der Waals surface area contributed by atoms with E-state index in [0.717, 1.165) is 24.3 Å². The van der Waals surface area contributed by atoms with E-state index in [0.29, 0.717) is 12.2 Å². The largest absolute Gasteiger partial charge is 0.496 e. The van der Waals surface area contributed by atoms with Crippen LogP contribution in [-0.2, 0) is 11.2 Å². The molecule has 1 fully saturated rings. The molecule has 1 N–H and O–H groups in total. The van der Waals surface area contributed by atoms with E-state index >= 15 is 0 Å². The number of ketones is 1. The summed E-state index contributed by atoms with van der Waals surface area (Å²) in [7, 11) is 1.68. The highest BCUT2D eigenvalue weighted by Crippen LogP contribution is 2.31. The van der Waals surface area contributed by atoms with Gasteiger partial charge in [0, 0.05) is 24.4 Å². The van der Waals surface area contributed by atoms with E-state index in [-0.39, 0.29) is 11.5 Å². The molecular weight excluding hydrogens is 226 g/mol. The molecule has 1 aromatic carbocycles. The van der Waals surface area contributed by atoms with Crippen molar-refractivity contribution < 1.29 is 9.53 Å². The quantitative estimate of drug-likeness (QED) is 0.890. The summed E-state index contributed by atoms with van der Waals surface area (Å²) in [5.41, 5.74) is 0.847. The van der Waals surface area contributed by atoms with Crippen LogP contribution in [0.25, 0.3) is 0 Å². The Morgan fingerprint density at radius 2 is 2.11 bits per heavy atom. The van der Waals surface area contributed by atoms with Crippen LogP contribution in [0.3, 0.4) is 0 Å². The zero-order chi connectivity index (χ0) is 13.2. The molecule has 3 nitrogen and oxygen atoms in total. The number of benzene rings is 1. The van der Waals surface area contributed by atoms with Gasteiger partial charge in [-0.2, -0.15) is 0 Å². The highest BCUT2D eigenvalue weighted by Gasteiger charge is 2.39. The number of piperidine rings is 1. The Morgan fingerprint density at radius 3 is 2.83 bits per heavy atom. The van der Waals surface area contributed by atoms with E-state index in [2.05, 4.69) is 11.4 Å². The average Bonchev–Trinajstić information content (AvgIpc) is 2.36. The SMILES string of the molecule is COc1ccccc1CC1NCCC(=O)C1(C)C. The molecule has 1 aliphatic rings. The fourth-order valence-corrected chi connectivity index (χ4v) is 2.55. The summed E-state index contributed by atoms with van der Waals surface area (Å²) in [4.78, 5) is 12.0. The fraction of sp³-hybridized carbons (Fsp3) is 0.533. The number of carbonyl (C=O) groups is 1. The van der Waals surface area contributed by atoms with E-state index in [1.165, 1.54) is 0 Å². The standard InChI is InChI=1S/C15H21NO2/c1-15(2)13(16-9-8-14(15)17)10-11-6-4-5-7-12(11)18-3/h4-7,13,16H,8-10H2,1-3H3. The van der Waals surface area contributed by atoms with Crippen molar-refractivity contribution in [3.05, 3.63) is 29.8 Å². The molecule has 3 heteroatoms. The van der Waals surface area contributed by atoms with Crippen LogP contribution >= 0.6 is 0 Å². The third-order valence-corrected chi connectivity index (χ3v) is 3.95. The van der Waals surface area contributed by atoms with Gasteiger partial charge in [0.05, 0.1) is 7.11 Å². The number of methoxy groups -OCH3 is 1. The lowest BCUT2D eigenvalue weighted by molar-refractivity contribution is -0.130. The lowest BCUT2D eigenvalue weighted by Crippen LogP contribution is -2.53. The first-order valence-corrected chi connectivity index (χ1v) is 6.44. The third-order valence-electron chi connectivity index (χ3n) is 3.95. The average molecular weight is 247 g/mol. The summed E-state index contributed by atoms with van der Waals surface area (Å²) in [5, 5.41) is 3.46. The predicted molar refractivity (Wildman–Crippen MR) is 71.9 cm³/mol. The van der Waals surface area contributed by atoms with Crippen LogP contribution in [0.1, 0.15) is 25.8 Å². The van der Waals surface area contributed by atoms with Crippen LogP contribution in [0.5, 0.6) is 5.75 Å². The first-order valence-electron chi connectivity index (χ1n) is 6.44. The second kappa shape index (κ2) is 5.11. The van der Waals surface area contributed by atoms with Crippen molar-refractivity contribution >= 4 is 5.78 Å². The van der Waals surface area contributed by atoms with Gasteiger partial charge in [-0.05, 0) is 18.1 Å². The maximum Gasteiger partial charge on any atom is 0.141 e. The number of carbonyl (C=O) groups excluding carboxylic acids is 1. The van der Waals surface area contributed by atoms with Gasteiger partial charge in [0.1, 0.15) is 11.5 Å². The van der Waals surface area contributed by atoms with Gasteiger partial charge in [-0.15, -0.1) is 0 Å². The van der Waals surface area contributed by atoms with Crippen LogP contribution in [0, 0.1) is 5.41 Å². The first kappa shape index (κ1) is 13.1. The Balaban J connectivity index is 2.20. The summed E-state index contributed by atoms with van der Waals surface area (Å²) in [6.07, 6.45) is 1.46. The molecule has 0 aromatic heterocycles. The molecule has 2 rings (SSSR count). The maximum absolute atomic E-state index is 12.0. The van der Waals surface area contributed by atoms with Crippen molar-refractivity contribution in [2.24, 2.45) is 5.41 Å². The summed E-state index contributed by atoms with van der Waals surface area (Å²) >= 11 is 0. The number of hydrogen-bond acceptors (Lipinski definition) is 3. The highest BCUT2D eigenvalue weighted by molar-refractivity contribution is 5.85. The van der Waals surface area contributed by atoms with Crippen LogP contribution in [0.4, 0.5) is 0 Å². The predicted octanol–water partition coefficient (Wildman–Crippen LogP) is 2.19. The molecule has 1 heterocycles. The van der Waals surface area contributed by atoms with Gasteiger partial charge < -0.3 is 10.1 Å². The lowest BCUT2D eigenvalue weighted by Gasteiger charge is -2.38. The van der Waals surface area contributed by atoms with Crippen LogP contribution < -0.4 is 10.1 Å². The van der Waals surface area contributed by atoms with Gasteiger partial charge in [0.2, 0.25) is 0 Å². The number of rotatable bonds is 3. The molecule has 0 amide bonds. The molecule has 1 aliphatic heterocycles. The zero-order valence-corrected chi connectivity index (χ0v) is 11.3. The molecule has 1 aromatic rings. The number of nitrogens with one attached hydrogen (secondary N) is 1. The smallest absolute Gasteiger partial charge is 0.141 e. The maximum atomic E-state index is 12.0. The molecule has 98 valence electrons. The molecular formula is C15H21NO2. The minimum absolute atomic E-state index is 0.176. The minimum atomic E-state index is -0.306. The molecule has 1 atom stereocenters. The van der Waals surface area contributed by atoms with Crippen LogP contribution in [-0.4, -0.2) is 25.5 Å². The summed E-state index contributed by atoms with van der Waals surface area (Å²) in [5.74, 6) is 1.24. The molecule has 0 bridgehead atoms. The number of hydrogen-bond donors (Lipinski definition) is 1. The zero-order valence-electron chi connectivity index (χ0n) is 11.3. The third kappa shape index (κ3) is 2.41. The van der Waals surface area contributed by atoms with E-state index < -0.39 is 0 Å². The van der Waals surface area contributed by atoms with Crippen LogP contribution in [0.2, 0.25) is 0 Å². The Bertz CT molecular complexity index is 440. The Kier molecular flexibility index (Phi) is 3.71. The fourth-order valence-electron chi connectivity index (χ4n) is 2.55. The van der Waals surface area contributed by atoms with E-state index in [1.807, 2.05) is 32.0 Å². The van der Waals surface area contributed by atoms with Gasteiger partial charge >= 0.3 is 0 Å². The number of ether oxygens (including phenoxy) is 1. The molecule has 0 aliphatic carbocycles. The summed E-state index contributed by atoms with van der Waals surface area (Å²) in [6, 6.07) is 8.18. The highest BCUT2D eigenvalue weighted by atomic mass is 16.5. The van der Waals surface area contributed by atoms with E-state index in [9.17, 15) is 4.79 Å². The van der Waals surface area contributed by atoms with Crippen molar-refractivity contribution in [1.82, 2.24) is 5.32 Å². The Hall–Kier alpha value is -1.35. The second-order valence-corrected chi connectivity index (χ2v) is 5.42. The second-order valence-electron chi connectivity index (χ2n) is 5.42. The Morgan fingerprint density at radius 1 is 1.39 bits per heavy atom. The van der Waals surface area contributed by atoms with Crippen molar-refractivity contribution in [1.29, 1.82) is 0 Å². The normalized spacial score (nSPS) is 22.8. The van der Waals surface area contributed by atoms with E-state index in [4.69, 9.17) is 4.74 Å². The molecule has 0 spiro atoms. The van der Waals surface area contributed by atoms with Crippen molar-refractivity contribution in [3.8, 4) is 5.75 Å². The van der Waals surface area contributed by atoms with Crippen molar-refractivity contribution in [3.63, 3.8) is 0 Å². The molecule has 0 radical (unpaired) electrons. The molecule has 18 heavy (non-hydrogen) atoms. The summed E-state index contributed by atoms with van der Waals surface area (Å²) in [6.45, 7) is 4.84. The monoisotopic (exact) mass is 247 g/mol. The summed E-state index contributed by atoms with van der Waals surface area (Å²) < 4.78 is 5.37. The number of para-hydroxylation sites is 1. The van der Waals surface area contributed by atoms with Crippen LogP contribution in [0.15, 0.2) is 24.3 Å². The van der Waals surface area contributed by atoms with Gasteiger partial charge in [0.15, 0.2) is 0 Å². The van der Waals surface area contributed by atoms with Crippen molar-refractivity contribution in [2.75, 3.05) is 13.7 Å². The molecule has 0 saturated carbocycles. The van der Waals surface area contributed by atoms with E-state index in [1.54, 1.807) is 7.11 Å².